The van der Waals surface area contributed by atoms with Crippen molar-refractivity contribution in [2.45, 2.75) is 17.9 Å². The van der Waals surface area contributed by atoms with Gasteiger partial charge in [-0.25, -0.2) is 0 Å². The van der Waals surface area contributed by atoms with Gasteiger partial charge < -0.3 is 19.7 Å². The molecule has 0 unspecified atom stereocenters. The smallest absolute Gasteiger partial charge is 0.256 e. The third-order valence-corrected chi connectivity index (χ3v) is 6.40. The summed E-state index contributed by atoms with van der Waals surface area (Å²) in [6.07, 6.45) is 0.773. The summed E-state index contributed by atoms with van der Waals surface area (Å²) >= 11 is 5.59. The van der Waals surface area contributed by atoms with Gasteiger partial charge in [-0.05, 0) is 48.9 Å². The van der Waals surface area contributed by atoms with Crippen LogP contribution < -0.4 is 14.8 Å². The molecule has 150 valence electrons. The number of carbonyl (C=O) groups is 1. The van der Waals surface area contributed by atoms with Crippen molar-refractivity contribution < 1.29 is 14.3 Å². The number of nitrogens with one attached hydrogen (secondary N) is 1. The molecule has 0 saturated carbocycles. The van der Waals surface area contributed by atoms with Gasteiger partial charge in [0.05, 0.1) is 0 Å². The molecule has 1 spiro atoms. The molecule has 1 N–H and O–H groups in total. The zero-order chi connectivity index (χ0) is 20.0. The van der Waals surface area contributed by atoms with Crippen LogP contribution >= 0.6 is 12.2 Å². The molecule has 0 radical (unpaired) electrons. The maximum atomic E-state index is 13.6. The summed E-state index contributed by atoms with van der Waals surface area (Å²) in [7, 11) is 2.04. The second kappa shape index (κ2) is 7.00. The lowest BCUT2D eigenvalue weighted by molar-refractivity contribution is -0.131. The zero-order valence-corrected chi connectivity index (χ0v) is 17.1. The first-order valence-corrected chi connectivity index (χ1v) is 10.2. The second-order valence-corrected chi connectivity index (χ2v) is 8.34. The number of amides is 1. The Morgan fingerprint density at radius 1 is 1.17 bits per heavy atom. The maximum Gasteiger partial charge on any atom is 0.256 e. The fourth-order valence-electron chi connectivity index (χ4n) is 4.66. The molecule has 1 amide bonds. The van der Waals surface area contributed by atoms with Crippen LogP contribution in [-0.4, -0.2) is 59.8 Å². The Labute approximate surface area is 175 Å². The summed E-state index contributed by atoms with van der Waals surface area (Å²) in [4.78, 5) is 17.5. The Morgan fingerprint density at radius 3 is 2.79 bits per heavy atom. The minimum atomic E-state index is -0.740. The molecule has 0 bridgehead atoms. The maximum absolute atomic E-state index is 13.6. The van der Waals surface area contributed by atoms with Gasteiger partial charge >= 0.3 is 0 Å². The van der Waals surface area contributed by atoms with Crippen molar-refractivity contribution >= 4 is 23.2 Å². The number of fused-ring (bicyclic) bond motifs is 1. The van der Waals surface area contributed by atoms with Gasteiger partial charge in [0.1, 0.15) is 5.54 Å². The predicted molar refractivity (Wildman–Crippen MR) is 113 cm³/mol. The van der Waals surface area contributed by atoms with Gasteiger partial charge in [-0.2, -0.15) is 0 Å². The first-order chi connectivity index (χ1) is 14.1. The van der Waals surface area contributed by atoms with Crippen LogP contribution in [0, 0.1) is 0 Å². The minimum Gasteiger partial charge on any atom is -0.454 e. The lowest BCUT2D eigenvalue weighted by Crippen LogP contribution is -2.52. The fourth-order valence-corrected chi connectivity index (χ4v) is 5.02. The number of hydrogen-bond donors (Lipinski definition) is 1. The first kappa shape index (κ1) is 18.4. The van der Waals surface area contributed by atoms with E-state index in [1.165, 1.54) is 5.56 Å². The van der Waals surface area contributed by atoms with Crippen LogP contribution in [0.1, 0.15) is 17.0 Å². The second-order valence-electron chi connectivity index (χ2n) is 7.96. The van der Waals surface area contributed by atoms with Gasteiger partial charge in [0.25, 0.3) is 5.91 Å². The van der Waals surface area contributed by atoms with Crippen molar-refractivity contribution in [3.8, 4) is 11.5 Å². The van der Waals surface area contributed by atoms with Gasteiger partial charge in [0.2, 0.25) is 6.79 Å². The number of likely N-dealkylation sites (tertiary alicyclic amines) is 1. The average molecular weight is 410 g/mol. The van der Waals surface area contributed by atoms with E-state index in [4.69, 9.17) is 21.7 Å². The van der Waals surface area contributed by atoms with Gasteiger partial charge in [0.15, 0.2) is 16.6 Å². The van der Waals surface area contributed by atoms with Gasteiger partial charge in [0, 0.05) is 25.6 Å². The molecular weight excluding hydrogens is 386 g/mol. The van der Waals surface area contributed by atoms with E-state index in [1.54, 1.807) is 4.90 Å². The van der Waals surface area contributed by atoms with Gasteiger partial charge in [-0.15, -0.1) is 0 Å². The van der Waals surface area contributed by atoms with Gasteiger partial charge in [-0.1, -0.05) is 36.4 Å². The Morgan fingerprint density at radius 2 is 1.97 bits per heavy atom. The summed E-state index contributed by atoms with van der Waals surface area (Å²) in [6, 6.07) is 16.1. The molecule has 3 aliphatic rings. The number of nitrogens with zero attached hydrogens (tertiary/aromatic N) is 2. The topological polar surface area (TPSA) is 54.0 Å². The zero-order valence-electron chi connectivity index (χ0n) is 16.3. The number of likely N-dealkylation sites (N-methyl/N-ethyl adjacent to an activating group) is 1. The van der Waals surface area contributed by atoms with Crippen LogP contribution in [0.5, 0.6) is 11.5 Å². The highest BCUT2D eigenvalue weighted by Gasteiger charge is 2.58. The highest BCUT2D eigenvalue weighted by Crippen LogP contribution is 2.43. The highest BCUT2D eigenvalue weighted by molar-refractivity contribution is 7.80. The molecule has 7 heteroatoms. The van der Waals surface area contributed by atoms with E-state index >= 15 is 0 Å². The number of hydrogen-bond acceptors (Lipinski definition) is 5. The van der Waals surface area contributed by atoms with E-state index in [9.17, 15) is 4.79 Å². The van der Waals surface area contributed by atoms with E-state index in [2.05, 4.69) is 22.3 Å². The van der Waals surface area contributed by atoms with Crippen LogP contribution in [0.3, 0.4) is 0 Å². The normalized spacial score (nSPS) is 25.8. The molecule has 5 rings (SSSR count). The molecule has 2 aromatic carbocycles. The van der Waals surface area contributed by atoms with Crippen molar-refractivity contribution in [3.63, 3.8) is 0 Å². The van der Waals surface area contributed by atoms with Crippen LogP contribution in [-0.2, 0) is 11.2 Å². The average Bonchev–Trinajstić information content (AvgIpc) is 3.38. The lowest BCUT2D eigenvalue weighted by atomic mass is 9.81. The molecular formula is C22H23N3O3S. The summed E-state index contributed by atoms with van der Waals surface area (Å²) in [5, 5.41) is 3.93. The predicted octanol–water partition coefficient (Wildman–Crippen LogP) is 2.14. The number of rotatable bonds is 4. The highest BCUT2D eigenvalue weighted by atomic mass is 32.1. The van der Waals surface area contributed by atoms with Crippen LogP contribution in [0.25, 0.3) is 0 Å². The Kier molecular flexibility index (Phi) is 4.44. The lowest BCUT2D eigenvalue weighted by Gasteiger charge is -2.28. The van der Waals surface area contributed by atoms with E-state index in [1.807, 2.05) is 43.4 Å². The van der Waals surface area contributed by atoms with Crippen molar-refractivity contribution in [1.82, 2.24) is 15.1 Å². The summed E-state index contributed by atoms with van der Waals surface area (Å²) < 4.78 is 11.0. The molecule has 29 heavy (non-hydrogen) atoms. The molecule has 2 fully saturated rings. The third-order valence-electron chi connectivity index (χ3n) is 6.08. The van der Waals surface area contributed by atoms with Crippen molar-refractivity contribution in [2.75, 3.05) is 33.5 Å². The molecule has 6 nitrogen and oxygen atoms in total. The van der Waals surface area contributed by atoms with E-state index < -0.39 is 5.54 Å². The van der Waals surface area contributed by atoms with E-state index in [-0.39, 0.29) is 18.6 Å². The van der Waals surface area contributed by atoms with Crippen molar-refractivity contribution in [1.29, 1.82) is 0 Å². The van der Waals surface area contributed by atoms with Crippen molar-refractivity contribution in [3.05, 3.63) is 59.7 Å². The molecule has 0 aliphatic carbocycles. The molecule has 3 heterocycles. The third kappa shape index (κ3) is 3.05. The molecule has 2 saturated heterocycles. The van der Waals surface area contributed by atoms with E-state index in [0.717, 1.165) is 30.0 Å². The standard InChI is InChI=1S/C22H23N3O3S/c1-24-12-17(16-7-8-18-19(11-16)28-14-27-18)22(13-24)20(26)25(21(29)23-22)10-9-15-5-3-2-4-6-15/h2-8,11,17H,9-10,12-14H2,1H3,(H,23,29)/t17-,22+/m1/s1. The first-order valence-electron chi connectivity index (χ1n) is 9.83. The monoisotopic (exact) mass is 409 g/mol. The molecule has 0 aromatic heterocycles. The number of thiocarbonyl (C=S) groups is 1. The molecule has 2 aromatic rings. The number of ether oxygens (including phenoxy) is 2. The Bertz CT molecular complexity index is 967. The van der Waals surface area contributed by atoms with Crippen molar-refractivity contribution in [2.24, 2.45) is 0 Å². The summed E-state index contributed by atoms with van der Waals surface area (Å²) in [5.41, 5.74) is 1.52. The van der Waals surface area contributed by atoms with Crippen LogP contribution in [0.15, 0.2) is 48.5 Å². The van der Waals surface area contributed by atoms with Gasteiger partial charge in [-0.3, -0.25) is 9.69 Å². The molecule has 3 aliphatic heterocycles. The number of benzene rings is 2. The van der Waals surface area contributed by atoms with E-state index in [0.29, 0.717) is 18.2 Å². The van der Waals surface area contributed by atoms with Crippen LogP contribution in [0.2, 0.25) is 0 Å². The quantitative estimate of drug-likeness (QED) is 0.781. The minimum absolute atomic E-state index is 0.0193. The molecule has 2 atom stereocenters. The Balaban J connectivity index is 1.42. The Hall–Kier alpha value is -2.64. The summed E-state index contributed by atoms with van der Waals surface area (Å²) in [5.74, 6) is 1.53. The number of carbonyl (C=O) groups excluding carboxylic acids is 1. The summed E-state index contributed by atoms with van der Waals surface area (Å²) in [6.45, 7) is 2.21. The van der Waals surface area contributed by atoms with Crippen LogP contribution in [0.4, 0.5) is 0 Å². The largest absolute Gasteiger partial charge is 0.454 e. The fraction of sp³-hybridized carbons (Fsp3) is 0.364. The SMILES string of the molecule is CN1C[C@H](c2ccc3c(c2)OCO3)[C@]2(C1)NC(=S)N(CCc1ccccc1)C2=O.